The number of nitrogens with zero attached hydrogens (tertiary/aromatic N) is 3. The number of rotatable bonds is 2. The van der Waals surface area contributed by atoms with E-state index in [0.29, 0.717) is 11.0 Å². The van der Waals surface area contributed by atoms with Crippen molar-refractivity contribution in [1.29, 1.82) is 0 Å². The molecular weight excluding hydrogens is 353 g/mol. The lowest BCUT2D eigenvalue weighted by atomic mass is 10.0. The van der Waals surface area contributed by atoms with Crippen molar-refractivity contribution < 1.29 is 4.39 Å². The van der Waals surface area contributed by atoms with Crippen LogP contribution in [0, 0.1) is 5.82 Å². The average Bonchev–Trinajstić information content (AvgIpc) is 3.19. The van der Waals surface area contributed by atoms with E-state index in [1.807, 2.05) is 48.5 Å². The first-order chi connectivity index (χ1) is 13.6. The van der Waals surface area contributed by atoms with Gasteiger partial charge >= 0.3 is 0 Å². The Morgan fingerprint density at radius 2 is 1.54 bits per heavy atom. The molecule has 0 N–H and O–H groups in total. The molecule has 0 saturated carbocycles. The van der Waals surface area contributed by atoms with Crippen LogP contribution in [-0.2, 0) is 7.05 Å². The smallest absolute Gasteiger partial charge is 0.261 e. The molecular formula is C23H16FN3O. The van der Waals surface area contributed by atoms with E-state index in [0.717, 1.165) is 27.9 Å². The van der Waals surface area contributed by atoms with Gasteiger partial charge in [0.25, 0.3) is 5.56 Å². The summed E-state index contributed by atoms with van der Waals surface area (Å²) in [5.41, 5.74) is 4.94. The van der Waals surface area contributed by atoms with Crippen molar-refractivity contribution in [1.82, 2.24) is 14.2 Å². The topological polar surface area (TPSA) is 39.3 Å². The van der Waals surface area contributed by atoms with Crippen LogP contribution in [0.4, 0.5) is 4.39 Å². The Bertz CT molecular complexity index is 1380. The van der Waals surface area contributed by atoms with E-state index < -0.39 is 0 Å². The Hall–Kier alpha value is -3.73. The highest BCUT2D eigenvalue weighted by Gasteiger charge is 2.13. The third kappa shape index (κ3) is 2.52. The molecule has 4 nitrogen and oxygen atoms in total. The number of aryl methyl sites for hydroxylation is 1. The van der Waals surface area contributed by atoms with Gasteiger partial charge in [0.2, 0.25) is 0 Å². The maximum Gasteiger partial charge on any atom is 0.261 e. The monoisotopic (exact) mass is 369 g/mol. The number of halogens is 1. The largest absolute Gasteiger partial charge is 0.296 e. The molecule has 2 heterocycles. The molecule has 0 aliphatic carbocycles. The summed E-state index contributed by atoms with van der Waals surface area (Å²) in [6, 6.07) is 23.7. The second-order valence-corrected chi connectivity index (χ2v) is 6.77. The van der Waals surface area contributed by atoms with Crippen molar-refractivity contribution in [3.8, 4) is 22.4 Å². The molecule has 0 radical (unpaired) electrons. The molecule has 2 aromatic heterocycles. The highest BCUT2D eigenvalue weighted by molar-refractivity contribution is 5.86. The van der Waals surface area contributed by atoms with Crippen molar-refractivity contribution in [3.05, 3.63) is 95.0 Å². The van der Waals surface area contributed by atoms with Gasteiger partial charge < -0.3 is 0 Å². The molecule has 0 atom stereocenters. The molecule has 0 aliphatic rings. The van der Waals surface area contributed by atoms with Crippen LogP contribution in [0.1, 0.15) is 0 Å². The molecule has 0 bridgehead atoms. The molecule has 0 amide bonds. The normalized spacial score (nSPS) is 11.4. The first kappa shape index (κ1) is 16.4. The van der Waals surface area contributed by atoms with E-state index in [1.165, 1.54) is 12.1 Å². The molecule has 0 spiro atoms. The summed E-state index contributed by atoms with van der Waals surface area (Å²) in [6.45, 7) is 0. The molecule has 5 heteroatoms. The van der Waals surface area contributed by atoms with Gasteiger partial charge in [-0.1, -0.05) is 48.5 Å². The van der Waals surface area contributed by atoms with Crippen LogP contribution in [0.3, 0.4) is 0 Å². The molecule has 0 saturated heterocycles. The van der Waals surface area contributed by atoms with Crippen LogP contribution in [-0.4, -0.2) is 14.2 Å². The fourth-order valence-electron chi connectivity index (χ4n) is 3.53. The van der Waals surface area contributed by atoms with Crippen molar-refractivity contribution in [3.63, 3.8) is 0 Å². The first-order valence-electron chi connectivity index (χ1n) is 8.96. The van der Waals surface area contributed by atoms with Gasteiger partial charge in [0.1, 0.15) is 11.5 Å². The van der Waals surface area contributed by atoms with E-state index in [1.54, 1.807) is 34.3 Å². The van der Waals surface area contributed by atoms with Gasteiger partial charge in [0.05, 0.1) is 16.6 Å². The summed E-state index contributed by atoms with van der Waals surface area (Å²) in [5.74, 6) is -0.277. The summed E-state index contributed by atoms with van der Waals surface area (Å²) in [7, 11) is 1.75. The van der Waals surface area contributed by atoms with Crippen LogP contribution in [0.15, 0.2) is 83.7 Å². The molecule has 28 heavy (non-hydrogen) atoms. The lowest BCUT2D eigenvalue weighted by molar-refractivity contribution is 0.628. The van der Waals surface area contributed by atoms with Crippen LogP contribution < -0.4 is 5.56 Å². The third-order valence-electron chi connectivity index (χ3n) is 5.04. The molecule has 0 aliphatic heterocycles. The number of hydrogen-bond acceptors (Lipinski definition) is 2. The Morgan fingerprint density at radius 3 is 2.29 bits per heavy atom. The van der Waals surface area contributed by atoms with Gasteiger partial charge in [-0.25, -0.2) is 8.91 Å². The average molecular weight is 369 g/mol. The van der Waals surface area contributed by atoms with E-state index in [9.17, 15) is 9.18 Å². The number of aromatic nitrogens is 3. The van der Waals surface area contributed by atoms with Gasteiger partial charge in [-0.3, -0.25) is 9.36 Å². The summed E-state index contributed by atoms with van der Waals surface area (Å²) in [5, 5.41) is 5.35. The summed E-state index contributed by atoms with van der Waals surface area (Å²) < 4.78 is 16.7. The lowest BCUT2D eigenvalue weighted by Crippen LogP contribution is -2.19. The van der Waals surface area contributed by atoms with Gasteiger partial charge in [0.15, 0.2) is 0 Å². The summed E-state index contributed by atoms with van der Waals surface area (Å²) in [4.78, 5) is 12.9. The van der Waals surface area contributed by atoms with Gasteiger partial charge in [-0.2, -0.15) is 5.10 Å². The van der Waals surface area contributed by atoms with E-state index in [2.05, 4.69) is 0 Å². The Balaban J connectivity index is 1.81. The second kappa shape index (κ2) is 6.16. The maximum atomic E-state index is 13.3. The zero-order valence-electron chi connectivity index (χ0n) is 15.1. The van der Waals surface area contributed by atoms with Crippen LogP contribution >= 0.6 is 0 Å². The molecule has 5 rings (SSSR count). The van der Waals surface area contributed by atoms with E-state index in [-0.39, 0.29) is 11.4 Å². The van der Waals surface area contributed by atoms with Crippen molar-refractivity contribution in [2.45, 2.75) is 0 Å². The quantitative estimate of drug-likeness (QED) is 0.454. The zero-order chi connectivity index (χ0) is 19.3. The fourth-order valence-corrected chi connectivity index (χ4v) is 3.53. The Kier molecular flexibility index (Phi) is 3.62. The van der Waals surface area contributed by atoms with E-state index in [4.69, 9.17) is 5.10 Å². The van der Waals surface area contributed by atoms with E-state index >= 15 is 0 Å². The molecule has 136 valence electrons. The highest BCUT2D eigenvalue weighted by Crippen LogP contribution is 2.26. The lowest BCUT2D eigenvalue weighted by Gasteiger charge is -2.08. The van der Waals surface area contributed by atoms with Crippen LogP contribution in [0.25, 0.3) is 38.9 Å². The standard InChI is InChI=1S/C23H16FN3O/c1-26-22-14-20(16-5-3-2-4-6-16)25-27(22)21-13-17(9-12-19(21)23(26)28)15-7-10-18(24)11-8-15/h2-14H,1H3. The Morgan fingerprint density at radius 1 is 0.821 bits per heavy atom. The Labute approximate surface area is 160 Å². The second-order valence-electron chi connectivity index (χ2n) is 6.77. The van der Waals surface area contributed by atoms with Gasteiger partial charge in [0, 0.05) is 18.7 Å². The van der Waals surface area contributed by atoms with Gasteiger partial charge in [-0.05, 0) is 35.4 Å². The predicted molar refractivity (Wildman–Crippen MR) is 109 cm³/mol. The third-order valence-corrected chi connectivity index (χ3v) is 5.04. The van der Waals surface area contributed by atoms with Crippen molar-refractivity contribution in [2.24, 2.45) is 7.05 Å². The maximum absolute atomic E-state index is 13.3. The molecule has 5 aromatic rings. The van der Waals surface area contributed by atoms with Crippen LogP contribution in [0.5, 0.6) is 0 Å². The van der Waals surface area contributed by atoms with Crippen LogP contribution in [0.2, 0.25) is 0 Å². The molecule has 0 unspecified atom stereocenters. The van der Waals surface area contributed by atoms with Crippen molar-refractivity contribution >= 4 is 16.6 Å². The fraction of sp³-hybridized carbons (Fsp3) is 0.0435. The first-order valence-corrected chi connectivity index (χ1v) is 8.96. The minimum atomic E-state index is -0.277. The minimum Gasteiger partial charge on any atom is -0.296 e. The zero-order valence-corrected chi connectivity index (χ0v) is 15.1. The van der Waals surface area contributed by atoms with Crippen molar-refractivity contribution in [2.75, 3.05) is 0 Å². The van der Waals surface area contributed by atoms with Gasteiger partial charge in [-0.15, -0.1) is 0 Å². The number of fused-ring (bicyclic) bond motifs is 3. The SMILES string of the molecule is Cn1c(=O)c2ccc(-c3ccc(F)cc3)cc2n2nc(-c3ccccc3)cc12. The summed E-state index contributed by atoms with van der Waals surface area (Å²) >= 11 is 0. The highest BCUT2D eigenvalue weighted by atomic mass is 19.1. The summed E-state index contributed by atoms with van der Waals surface area (Å²) in [6.07, 6.45) is 0. The number of hydrogen-bond donors (Lipinski definition) is 0. The molecule has 3 aromatic carbocycles. The minimum absolute atomic E-state index is 0.0762. The molecule has 0 fully saturated rings. The number of benzene rings is 3. The predicted octanol–water partition coefficient (Wildman–Crippen LogP) is 4.66.